The standard InChI is InChI=1S/C12H16N6O/c1-17-6-4-13-12(17)11(9-2-3-9)15-10(19)8-18-7-5-14-16-18/h4-7,9,11H,2-3,8H2,1H3,(H,15,19)/t11-/m0/s1. The molecule has 1 aliphatic carbocycles. The van der Waals surface area contributed by atoms with Gasteiger partial charge in [0.05, 0.1) is 12.2 Å². The third-order valence-corrected chi connectivity index (χ3v) is 3.32. The third-order valence-electron chi connectivity index (χ3n) is 3.32. The summed E-state index contributed by atoms with van der Waals surface area (Å²) in [5.41, 5.74) is 0. The van der Waals surface area contributed by atoms with Crippen molar-refractivity contribution in [3.8, 4) is 0 Å². The number of aromatic nitrogens is 5. The molecular weight excluding hydrogens is 244 g/mol. The van der Waals surface area contributed by atoms with Gasteiger partial charge < -0.3 is 9.88 Å². The van der Waals surface area contributed by atoms with E-state index in [0.29, 0.717) is 5.92 Å². The number of hydrogen-bond donors (Lipinski definition) is 1. The molecule has 1 atom stereocenters. The molecule has 1 aliphatic rings. The first-order valence-electron chi connectivity index (χ1n) is 6.34. The summed E-state index contributed by atoms with van der Waals surface area (Å²) in [4.78, 5) is 16.4. The summed E-state index contributed by atoms with van der Waals surface area (Å²) in [5, 5.41) is 10.5. The number of hydrogen-bond acceptors (Lipinski definition) is 4. The minimum atomic E-state index is -0.0644. The van der Waals surface area contributed by atoms with E-state index in [-0.39, 0.29) is 18.5 Å². The molecule has 0 saturated heterocycles. The second kappa shape index (κ2) is 4.83. The normalized spacial score (nSPS) is 16.3. The van der Waals surface area contributed by atoms with Crippen LogP contribution in [0.4, 0.5) is 0 Å². The van der Waals surface area contributed by atoms with Crippen molar-refractivity contribution in [3.63, 3.8) is 0 Å². The quantitative estimate of drug-likeness (QED) is 0.837. The number of rotatable bonds is 5. The zero-order chi connectivity index (χ0) is 13.2. The summed E-state index contributed by atoms with van der Waals surface area (Å²) in [7, 11) is 1.95. The topological polar surface area (TPSA) is 77.6 Å². The monoisotopic (exact) mass is 260 g/mol. The van der Waals surface area contributed by atoms with Gasteiger partial charge in [-0.3, -0.25) is 4.79 Å². The molecule has 7 nitrogen and oxygen atoms in total. The van der Waals surface area contributed by atoms with Crippen molar-refractivity contribution in [2.75, 3.05) is 0 Å². The highest BCUT2D eigenvalue weighted by molar-refractivity contribution is 5.76. The van der Waals surface area contributed by atoms with Gasteiger partial charge in [-0.05, 0) is 18.8 Å². The highest BCUT2D eigenvalue weighted by atomic mass is 16.2. The van der Waals surface area contributed by atoms with Gasteiger partial charge in [0.15, 0.2) is 0 Å². The van der Waals surface area contributed by atoms with Crippen LogP contribution in [0.1, 0.15) is 24.7 Å². The molecule has 0 unspecified atom stereocenters. The van der Waals surface area contributed by atoms with Crippen LogP contribution in [0.15, 0.2) is 24.8 Å². The van der Waals surface area contributed by atoms with E-state index < -0.39 is 0 Å². The second-order valence-corrected chi connectivity index (χ2v) is 4.88. The van der Waals surface area contributed by atoms with Crippen molar-refractivity contribution in [1.29, 1.82) is 0 Å². The average Bonchev–Trinajstić information content (AvgIpc) is 2.94. The third kappa shape index (κ3) is 2.64. The van der Waals surface area contributed by atoms with Gasteiger partial charge in [0.25, 0.3) is 0 Å². The first kappa shape index (κ1) is 11.9. The summed E-state index contributed by atoms with van der Waals surface area (Å²) in [5.74, 6) is 1.35. The number of carbonyl (C=O) groups is 1. The van der Waals surface area contributed by atoms with Gasteiger partial charge in [0.2, 0.25) is 5.91 Å². The number of carbonyl (C=O) groups excluding carboxylic acids is 1. The number of aryl methyl sites for hydroxylation is 1. The second-order valence-electron chi connectivity index (χ2n) is 4.88. The van der Waals surface area contributed by atoms with Crippen LogP contribution < -0.4 is 5.32 Å². The minimum absolute atomic E-state index is 0.00368. The summed E-state index contributed by atoms with van der Waals surface area (Å²) in [6, 6.07) is -0.00368. The Labute approximate surface area is 110 Å². The zero-order valence-corrected chi connectivity index (χ0v) is 10.7. The number of imidazole rings is 1. The Morgan fingerprint density at radius 3 is 2.89 bits per heavy atom. The molecule has 19 heavy (non-hydrogen) atoms. The Bertz CT molecular complexity index is 557. The molecule has 2 heterocycles. The Morgan fingerprint density at radius 2 is 2.32 bits per heavy atom. The van der Waals surface area contributed by atoms with E-state index in [2.05, 4.69) is 20.6 Å². The lowest BCUT2D eigenvalue weighted by atomic mass is 10.1. The smallest absolute Gasteiger partial charge is 0.242 e. The maximum absolute atomic E-state index is 12.0. The van der Waals surface area contributed by atoms with Crippen LogP contribution in [0, 0.1) is 5.92 Å². The Hall–Kier alpha value is -2.18. The van der Waals surface area contributed by atoms with E-state index in [1.807, 2.05) is 17.8 Å². The van der Waals surface area contributed by atoms with Crippen LogP contribution in [-0.4, -0.2) is 30.5 Å². The predicted molar refractivity (Wildman–Crippen MR) is 66.8 cm³/mol. The number of amides is 1. The highest BCUT2D eigenvalue weighted by Gasteiger charge is 2.35. The van der Waals surface area contributed by atoms with Crippen molar-refractivity contribution in [2.45, 2.75) is 25.4 Å². The van der Waals surface area contributed by atoms with Crippen molar-refractivity contribution in [3.05, 3.63) is 30.6 Å². The zero-order valence-electron chi connectivity index (χ0n) is 10.7. The molecule has 0 spiro atoms. The van der Waals surface area contributed by atoms with Gasteiger partial charge in [-0.1, -0.05) is 5.21 Å². The number of nitrogens with one attached hydrogen (secondary N) is 1. The van der Waals surface area contributed by atoms with E-state index in [9.17, 15) is 4.79 Å². The minimum Gasteiger partial charge on any atom is -0.344 e. The van der Waals surface area contributed by atoms with Crippen molar-refractivity contribution in [2.24, 2.45) is 13.0 Å². The van der Waals surface area contributed by atoms with Crippen molar-refractivity contribution in [1.82, 2.24) is 29.9 Å². The SMILES string of the molecule is Cn1ccnc1[C@@H](NC(=O)Cn1ccnn1)C1CC1. The molecular formula is C12H16N6O. The maximum atomic E-state index is 12.0. The van der Waals surface area contributed by atoms with E-state index >= 15 is 0 Å². The lowest BCUT2D eigenvalue weighted by molar-refractivity contribution is -0.122. The molecule has 0 aliphatic heterocycles. The Balaban J connectivity index is 1.68. The van der Waals surface area contributed by atoms with Gasteiger partial charge in [-0.25, -0.2) is 9.67 Å². The number of nitrogens with zero attached hydrogens (tertiary/aromatic N) is 5. The molecule has 2 aromatic rings. The van der Waals surface area contributed by atoms with E-state index in [4.69, 9.17) is 0 Å². The fourth-order valence-corrected chi connectivity index (χ4v) is 2.18. The van der Waals surface area contributed by atoms with E-state index in [1.54, 1.807) is 18.6 Å². The van der Waals surface area contributed by atoms with Gasteiger partial charge in [-0.2, -0.15) is 0 Å². The lowest BCUT2D eigenvalue weighted by Crippen LogP contribution is -2.34. The first-order chi connectivity index (χ1) is 9.24. The van der Waals surface area contributed by atoms with Gasteiger partial charge in [0.1, 0.15) is 12.4 Å². The fourth-order valence-electron chi connectivity index (χ4n) is 2.18. The lowest BCUT2D eigenvalue weighted by Gasteiger charge is -2.18. The summed E-state index contributed by atoms with van der Waals surface area (Å²) in [6.07, 6.45) is 9.17. The molecule has 1 amide bonds. The molecule has 0 aromatic carbocycles. The summed E-state index contributed by atoms with van der Waals surface area (Å²) in [6.45, 7) is 0.188. The van der Waals surface area contributed by atoms with Gasteiger partial charge in [-0.15, -0.1) is 5.10 Å². The predicted octanol–water partition coefficient (Wildman–Crippen LogP) is 0.279. The fraction of sp³-hybridized carbons (Fsp3) is 0.500. The van der Waals surface area contributed by atoms with Crippen molar-refractivity contribution < 1.29 is 4.79 Å². The molecule has 1 saturated carbocycles. The van der Waals surface area contributed by atoms with Crippen LogP contribution in [0.2, 0.25) is 0 Å². The van der Waals surface area contributed by atoms with Crippen molar-refractivity contribution >= 4 is 5.91 Å². The van der Waals surface area contributed by atoms with Gasteiger partial charge in [0, 0.05) is 25.6 Å². The van der Waals surface area contributed by atoms with Crippen LogP contribution in [0.5, 0.6) is 0 Å². The van der Waals surface area contributed by atoms with Crippen LogP contribution in [0.3, 0.4) is 0 Å². The summed E-state index contributed by atoms with van der Waals surface area (Å²) >= 11 is 0. The molecule has 1 fully saturated rings. The van der Waals surface area contributed by atoms with Crippen LogP contribution in [-0.2, 0) is 18.4 Å². The van der Waals surface area contributed by atoms with Crippen LogP contribution >= 0.6 is 0 Å². The first-order valence-corrected chi connectivity index (χ1v) is 6.34. The Morgan fingerprint density at radius 1 is 1.47 bits per heavy atom. The molecule has 3 rings (SSSR count). The molecule has 0 bridgehead atoms. The summed E-state index contributed by atoms with van der Waals surface area (Å²) < 4.78 is 3.47. The average molecular weight is 260 g/mol. The van der Waals surface area contributed by atoms with E-state index in [0.717, 1.165) is 18.7 Å². The Kier molecular flexibility index (Phi) is 3.02. The van der Waals surface area contributed by atoms with Gasteiger partial charge >= 0.3 is 0 Å². The molecule has 2 aromatic heterocycles. The van der Waals surface area contributed by atoms with E-state index in [1.165, 1.54) is 4.68 Å². The molecule has 0 radical (unpaired) electrons. The highest BCUT2D eigenvalue weighted by Crippen LogP contribution is 2.40. The largest absolute Gasteiger partial charge is 0.344 e. The molecule has 7 heteroatoms. The van der Waals surface area contributed by atoms with Crippen LogP contribution in [0.25, 0.3) is 0 Å². The maximum Gasteiger partial charge on any atom is 0.242 e. The molecule has 1 N–H and O–H groups in total. The molecule has 100 valence electrons.